The van der Waals surface area contributed by atoms with Gasteiger partial charge in [-0.3, -0.25) is 0 Å². The number of hydrogen-bond acceptors (Lipinski definition) is 4. The molecule has 2 rings (SSSR count). The van der Waals surface area contributed by atoms with E-state index in [4.69, 9.17) is 21.1 Å². The van der Waals surface area contributed by atoms with Gasteiger partial charge in [0.25, 0.3) is 0 Å². The molecule has 0 aliphatic heterocycles. The molecule has 0 spiro atoms. The van der Waals surface area contributed by atoms with Crippen molar-refractivity contribution in [1.82, 2.24) is 0 Å². The summed E-state index contributed by atoms with van der Waals surface area (Å²) >= 11 is 8.32. The number of methoxy groups -OCH3 is 1. The van der Waals surface area contributed by atoms with Gasteiger partial charge in [0.2, 0.25) is 0 Å². The second kappa shape index (κ2) is 7.88. The monoisotopic (exact) mass is 446 g/mol. The Bertz CT molecular complexity index is 731. The molecule has 0 amide bonds. The van der Waals surface area contributed by atoms with E-state index >= 15 is 0 Å². The average Bonchev–Trinajstić information content (AvgIpc) is 2.51. The predicted octanol–water partition coefficient (Wildman–Crippen LogP) is 5.29. The molecule has 23 heavy (non-hydrogen) atoms. The summed E-state index contributed by atoms with van der Waals surface area (Å²) in [7, 11) is 1.27. The van der Waals surface area contributed by atoms with Crippen LogP contribution in [0.25, 0.3) is 0 Å². The summed E-state index contributed by atoms with van der Waals surface area (Å²) in [6.07, 6.45) is -0.761. The van der Waals surface area contributed by atoms with Gasteiger partial charge in [0.1, 0.15) is 18.1 Å². The van der Waals surface area contributed by atoms with Crippen molar-refractivity contribution in [2.75, 3.05) is 7.11 Å². The molecule has 2 aromatic rings. The fourth-order valence-corrected chi connectivity index (χ4v) is 2.80. The van der Waals surface area contributed by atoms with Gasteiger partial charge in [-0.15, -0.1) is 0 Å². The molecule has 0 heterocycles. The smallest absolute Gasteiger partial charge is 0.488 e. The van der Waals surface area contributed by atoms with Gasteiger partial charge >= 0.3 is 6.16 Å². The van der Waals surface area contributed by atoms with Crippen molar-refractivity contribution in [2.24, 2.45) is 0 Å². The van der Waals surface area contributed by atoms with Crippen LogP contribution < -0.4 is 9.47 Å². The first-order valence-corrected chi connectivity index (χ1v) is 8.30. The van der Waals surface area contributed by atoms with E-state index in [2.05, 4.69) is 27.3 Å². The minimum Gasteiger partial charge on any atom is -0.488 e. The summed E-state index contributed by atoms with van der Waals surface area (Å²) in [5.74, 6) is 1.11. The van der Waals surface area contributed by atoms with Crippen LogP contribution in [0, 0.1) is 17.4 Å². The molecule has 0 saturated heterocycles. The third-order valence-electron chi connectivity index (χ3n) is 3.26. The fraction of sp³-hybridized carbons (Fsp3) is 0.235. The molecule has 122 valence electrons. The predicted molar refractivity (Wildman–Crippen MR) is 97.5 cm³/mol. The lowest BCUT2D eigenvalue weighted by atomic mass is 10.1. The van der Waals surface area contributed by atoms with Crippen molar-refractivity contribution < 1.29 is 19.0 Å². The van der Waals surface area contributed by atoms with Gasteiger partial charge in [-0.25, -0.2) is 4.79 Å². The van der Waals surface area contributed by atoms with Crippen LogP contribution in [0.1, 0.15) is 16.7 Å². The minimum absolute atomic E-state index is 0.256. The summed E-state index contributed by atoms with van der Waals surface area (Å²) in [5.41, 5.74) is 2.77. The normalized spacial score (nSPS) is 10.3. The summed E-state index contributed by atoms with van der Waals surface area (Å²) in [6, 6.07) is 9.19. The molecule has 4 nitrogen and oxygen atoms in total. The molecule has 0 saturated carbocycles. The molecule has 0 aliphatic rings. The van der Waals surface area contributed by atoms with Gasteiger partial charge in [-0.2, -0.15) is 0 Å². The highest BCUT2D eigenvalue weighted by molar-refractivity contribution is 14.1. The van der Waals surface area contributed by atoms with Gasteiger partial charge < -0.3 is 14.2 Å². The van der Waals surface area contributed by atoms with Crippen LogP contribution in [-0.4, -0.2) is 13.3 Å². The van der Waals surface area contributed by atoms with E-state index in [1.165, 1.54) is 7.11 Å². The first-order chi connectivity index (χ1) is 10.9. The molecule has 2 aromatic carbocycles. The largest absolute Gasteiger partial charge is 0.513 e. The zero-order chi connectivity index (χ0) is 17.0. The highest BCUT2D eigenvalue weighted by Crippen LogP contribution is 2.30. The van der Waals surface area contributed by atoms with E-state index in [1.54, 1.807) is 18.2 Å². The maximum Gasteiger partial charge on any atom is 0.513 e. The Morgan fingerprint density at radius 2 is 1.91 bits per heavy atom. The number of ether oxygens (including phenoxy) is 3. The molecule has 0 aromatic heterocycles. The van der Waals surface area contributed by atoms with Crippen molar-refractivity contribution in [3.63, 3.8) is 0 Å². The lowest BCUT2D eigenvalue weighted by Gasteiger charge is -2.14. The maximum absolute atomic E-state index is 11.4. The lowest BCUT2D eigenvalue weighted by Crippen LogP contribution is -2.10. The van der Waals surface area contributed by atoms with Crippen LogP contribution in [0.15, 0.2) is 30.3 Å². The van der Waals surface area contributed by atoms with Crippen LogP contribution in [0.2, 0.25) is 5.02 Å². The quantitative estimate of drug-likeness (QED) is 0.364. The Hall–Kier alpha value is -1.47. The average molecular weight is 447 g/mol. The molecule has 0 aliphatic carbocycles. The Morgan fingerprint density at radius 1 is 1.17 bits per heavy atom. The van der Waals surface area contributed by atoms with Crippen molar-refractivity contribution in [3.05, 3.63) is 55.6 Å². The third kappa shape index (κ3) is 4.51. The molecular weight excluding hydrogens is 431 g/mol. The van der Waals surface area contributed by atoms with E-state index in [9.17, 15) is 4.79 Å². The molecule has 0 fully saturated rings. The van der Waals surface area contributed by atoms with Crippen LogP contribution in [-0.2, 0) is 11.3 Å². The van der Waals surface area contributed by atoms with Gasteiger partial charge in [-0.1, -0.05) is 23.7 Å². The molecule has 0 radical (unpaired) electrons. The van der Waals surface area contributed by atoms with Gasteiger partial charge in [-0.05, 0) is 65.8 Å². The Kier molecular flexibility index (Phi) is 6.12. The topological polar surface area (TPSA) is 44.8 Å². The second-order valence-electron chi connectivity index (χ2n) is 4.93. The van der Waals surface area contributed by atoms with Gasteiger partial charge in [0.15, 0.2) is 0 Å². The molecule has 0 atom stereocenters. The van der Waals surface area contributed by atoms with Crippen LogP contribution in [0.3, 0.4) is 0 Å². The lowest BCUT2D eigenvalue weighted by molar-refractivity contribution is 0.120. The minimum atomic E-state index is -0.761. The standard InChI is InChI=1S/C17H16ClIO4/c1-10-7-11(2)16(8-13(10)18)22-9-12-14(19)5-4-6-15(12)23-17(20)21-3/h4-8H,9H2,1-3H3. The Labute approximate surface area is 153 Å². The van der Waals surface area contributed by atoms with Crippen molar-refractivity contribution in [1.29, 1.82) is 0 Å². The number of carbonyl (C=O) groups is 1. The first kappa shape index (κ1) is 17.9. The molecule has 0 N–H and O–H groups in total. The van der Waals surface area contributed by atoms with Gasteiger partial charge in [0.05, 0.1) is 7.11 Å². The first-order valence-electron chi connectivity index (χ1n) is 6.85. The molecular formula is C17H16ClIO4. The van der Waals surface area contributed by atoms with Crippen LogP contribution >= 0.6 is 34.2 Å². The van der Waals surface area contributed by atoms with E-state index in [0.717, 1.165) is 20.3 Å². The van der Waals surface area contributed by atoms with Crippen molar-refractivity contribution >= 4 is 40.3 Å². The molecule has 0 bridgehead atoms. The second-order valence-corrected chi connectivity index (χ2v) is 6.50. The third-order valence-corrected chi connectivity index (χ3v) is 4.68. The SMILES string of the molecule is COC(=O)Oc1cccc(I)c1COc1cc(Cl)c(C)cc1C. The van der Waals surface area contributed by atoms with Crippen molar-refractivity contribution in [2.45, 2.75) is 20.5 Å². The zero-order valence-corrected chi connectivity index (χ0v) is 15.9. The summed E-state index contributed by atoms with van der Waals surface area (Å²) in [5, 5.41) is 0.652. The number of aryl methyl sites for hydroxylation is 2. The van der Waals surface area contributed by atoms with Crippen LogP contribution in [0.4, 0.5) is 4.79 Å². The number of carbonyl (C=O) groups excluding carboxylic acids is 1. The summed E-state index contributed by atoms with van der Waals surface area (Å²) in [4.78, 5) is 11.4. The fourth-order valence-electron chi connectivity index (χ4n) is 2.02. The van der Waals surface area contributed by atoms with E-state index in [1.807, 2.05) is 26.0 Å². The van der Waals surface area contributed by atoms with Crippen molar-refractivity contribution in [3.8, 4) is 11.5 Å². The maximum atomic E-state index is 11.4. The zero-order valence-electron chi connectivity index (χ0n) is 13.0. The Morgan fingerprint density at radius 3 is 2.61 bits per heavy atom. The highest BCUT2D eigenvalue weighted by atomic mass is 127. The Balaban J connectivity index is 2.23. The summed E-state index contributed by atoms with van der Waals surface area (Å²) < 4.78 is 16.5. The van der Waals surface area contributed by atoms with E-state index in [0.29, 0.717) is 16.5 Å². The van der Waals surface area contributed by atoms with Gasteiger partial charge in [0, 0.05) is 14.2 Å². The number of rotatable bonds is 4. The molecule has 6 heteroatoms. The van der Waals surface area contributed by atoms with E-state index < -0.39 is 6.16 Å². The highest BCUT2D eigenvalue weighted by Gasteiger charge is 2.14. The number of benzene rings is 2. The number of halogens is 2. The summed E-state index contributed by atoms with van der Waals surface area (Å²) in [6.45, 7) is 4.16. The number of hydrogen-bond donors (Lipinski definition) is 0. The molecule has 0 unspecified atom stereocenters. The van der Waals surface area contributed by atoms with E-state index in [-0.39, 0.29) is 6.61 Å². The van der Waals surface area contributed by atoms with Crippen LogP contribution in [0.5, 0.6) is 11.5 Å².